The van der Waals surface area contributed by atoms with Crippen molar-refractivity contribution in [2.45, 2.75) is 18.9 Å². The van der Waals surface area contributed by atoms with Crippen molar-refractivity contribution in [3.05, 3.63) is 90.5 Å². The number of aromatic nitrogens is 2. The number of allylic oxidation sites excluding steroid dienone is 1. The third-order valence-corrected chi connectivity index (χ3v) is 5.93. The van der Waals surface area contributed by atoms with E-state index in [0.29, 0.717) is 36.0 Å². The Kier molecular flexibility index (Phi) is 5.76. The molecule has 2 N–H and O–H groups in total. The first-order valence-corrected chi connectivity index (χ1v) is 11.1. The number of likely N-dealkylation sites (tertiary alicyclic amines) is 1. The third kappa shape index (κ3) is 4.17. The van der Waals surface area contributed by atoms with Gasteiger partial charge in [-0.2, -0.15) is 4.98 Å². The number of hydrogen-bond acceptors (Lipinski definition) is 5. The molecular formula is C26H25N5O2. The zero-order valence-corrected chi connectivity index (χ0v) is 18.2. The van der Waals surface area contributed by atoms with Gasteiger partial charge < -0.3 is 15.1 Å². The summed E-state index contributed by atoms with van der Waals surface area (Å²) >= 11 is 0. The molecule has 1 atom stereocenters. The summed E-state index contributed by atoms with van der Waals surface area (Å²) in [6.07, 6.45) is 8.67. The molecule has 2 aromatic heterocycles. The zero-order chi connectivity index (χ0) is 22.6. The minimum absolute atomic E-state index is 0.0289. The van der Waals surface area contributed by atoms with Gasteiger partial charge in [0.25, 0.3) is 5.91 Å². The number of fused-ring (bicyclic) bond motifs is 1. The Morgan fingerprint density at radius 3 is 2.70 bits per heavy atom. The van der Waals surface area contributed by atoms with Crippen LogP contribution in [0.4, 0.5) is 0 Å². The maximum absolute atomic E-state index is 13.7. The number of carbonyl (C=O) groups is 1. The van der Waals surface area contributed by atoms with Crippen LogP contribution in [0.2, 0.25) is 0 Å². The lowest BCUT2D eigenvalue weighted by Crippen LogP contribution is -2.38. The van der Waals surface area contributed by atoms with Crippen molar-refractivity contribution >= 4 is 23.7 Å². The van der Waals surface area contributed by atoms with Crippen LogP contribution in [-0.2, 0) is 0 Å². The Morgan fingerprint density at radius 2 is 1.91 bits per heavy atom. The fourth-order valence-corrected chi connectivity index (χ4v) is 4.26. The summed E-state index contributed by atoms with van der Waals surface area (Å²) < 4.78 is 7.21. The molecule has 1 amide bonds. The molecule has 1 aliphatic rings. The van der Waals surface area contributed by atoms with Crippen LogP contribution in [0.3, 0.4) is 0 Å². The van der Waals surface area contributed by atoms with E-state index in [0.717, 1.165) is 24.0 Å². The van der Waals surface area contributed by atoms with Crippen LogP contribution in [0.1, 0.15) is 28.9 Å². The van der Waals surface area contributed by atoms with Gasteiger partial charge in [-0.25, -0.2) is 0 Å². The Labute approximate surface area is 191 Å². The molecular weight excluding hydrogens is 414 g/mol. The highest BCUT2D eigenvalue weighted by molar-refractivity contribution is 5.99. The number of hydrogen-bond donors (Lipinski definition) is 1. The molecule has 0 aliphatic carbocycles. The van der Waals surface area contributed by atoms with Gasteiger partial charge in [-0.15, -0.1) is 0 Å². The van der Waals surface area contributed by atoms with Gasteiger partial charge in [0.2, 0.25) is 0 Å². The van der Waals surface area contributed by atoms with E-state index in [1.165, 1.54) is 0 Å². The summed E-state index contributed by atoms with van der Waals surface area (Å²) in [5, 5.41) is 0. The molecule has 33 heavy (non-hydrogen) atoms. The van der Waals surface area contributed by atoms with E-state index in [1.54, 1.807) is 29.2 Å². The number of carbonyl (C=O) groups excluding carboxylic acids is 1. The quantitative estimate of drug-likeness (QED) is 0.455. The highest BCUT2D eigenvalue weighted by atomic mass is 16.3. The van der Waals surface area contributed by atoms with Crippen LogP contribution >= 0.6 is 0 Å². The first-order valence-electron chi connectivity index (χ1n) is 11.1. The van der Waals surface area contributed by atoms with E-state index in [-0.39, 0.29) is 11.9 Å². The highest BCUT2D eigenvalue weighted by Crippen LogP contribution is 2.28. The average molecular weight is 440 g/mol. The number of benzene rings is 2. The predicted octanol–water partition coefficient (Wildman–Crippen LogP) is 4.27. The number of imidazole rings is 1. The maximum Gasteiger partial charge on any atom is 0.306 e. The van der Waals surface area contributed by atoms with E-state index in [4.69, 9.17) is 10.2 Å². The molecule has 5 rings (SSSR count). The van der Waals surface area contributed by atoms with Crippen LogP contribution in [-0.4, -0.2) is 45.5 Å². The molecule has 0 saturated carbocycles. The van der Waals surface area contributed by atoms with Gasteiger partial charge in [0.15, 0.2) is 0 Å². The topological polar surface area (TPSA) is 89.1 Å². The Bertz CT molecular complexity index is 1300. The summed E-state index contributed by atoms with van der Waals surface area (Å²) in [7, 11) is 0. The molecule has 4 aromatic rings. The number of nitrogens with two attached hydrogens (primary N) is 1. The van der Waals surface area contributed by atoms with E-state index < -0.39 is 0 Å². The molecule has 1 aliphatic heterocycles. The van der Waals surface area contributed by atoms with E-state index in [9.17, 15) is 4.79 Å². The van der Waals surface area contributed by atoms with Crippen molar-refractivity contribution in [3.63, 3.8) is 0 Å². The van der Waals surface area contributed by atoms with E-state index in [1.807, 2.05) is 65.6 Å². The van der Waals surface area contributed by atoms with E-state index >= 15 is 0 Å². The van der Waals surface area contributed by atoms with Gasteiger partial charge in [-0.3, -0.25) is 14.2 Å². The molecule has 0 spiro atoms. The highest BCUT2D eigenvalue weighted by Gasteiger charge is 2.33. The summed E-state index contributed by atoms with van der Waals surface area (Å²) in [5.41, 5.74) is 9.79. The van der Waals surface area contributed by atoms with Gasteiger partial charge in [0.05, 0.1) is 12.6 Å². The smallest absolute Gasteiger partial charge is 0.306 e. The molecule has 3 heterocycles. The lowest BCUT2D eigenvalue weighted by Gasteiger charge is -2.23. The molecule has 1 saturated heterocycles. The second-order valence-electron chi connectivity index (χ2n) is 8.03. The van der Waals surface area contributed by atoms with Crippen molar-refractivity contribution in [3.8, 4) is 11.3 Å². The fraction of sp³-hybridized carbons (Fsp3) is 0.192. The van der Waals surface area contributed by atoms with E-state index in [2.05, 4.69) is 9.98 Å². The zero-order valence-electron chi connectivity index (χ0n) is 18.2. The number of amides is 1. The Morgan fingerprint density at radius 1 is 1.15 bits per heavy atom. The maximum atomic E-state index is 13.7. The van der Waals surface area contributed by atoms with Crippen LogP contribution in [0.15, 0.2) is 88.6 Å². The minimum atomic E-state index is -0.0557. The predicted molar refractivity (Wildman–Crippen MR) is 129 cm³/mol. The summed E-state index contributed by atoms with van der Waals surface area (Å²) in [5.74, 6) is 0.354. The normalized spacial score (nSPS) is 16.8. The van der Waals surface area contributed by atoms with Gasteiger partial charge in [0, 0.05) is 30.2 Å². The fourth-order valence-electron chi connectivity index (χ4n) is 4.26. The van der Waals surface area contributed by atoms with Gasteiger partial charge in [-0.1, -0.05) is 60.7 Å². The number of oxazole rings is 1. The first-order chi connectivity index (χ1) is 16.2. The number of aliphatic imine (C=N–C) groups is 1. The van der Waals surface area contributed by atoms with Gasteiger partial charge in [0.1, 0.15) is 17.7 Å². The molecule has 0 radical (unpaired) electrons. The standard InChI is InChI=1S/C26H25N5O2/c27-22(19-8-3-1-4-9-19)13-14-28-18-21-12-7-15-30(21)25(32)24-23(20-10-5-2-6-11-20)29-26-31(24)16-17-33-26/h1-6,8-11,13-14,16-17,21H,7,12,15,18,27H2/t21-/m0/s1. The molecule has 166 valence electrons. The van der Waals surface area contributed by atoms with Crippen molar-refractivity contribution in [2.24, 2.45) is 10.7 Å². The van der Waals surface area contributed by atoms with Crippen LogP contribution < -0.4 is 5.73 Å². The van der Waals surface area contributed by atoms with Crippen LogP contribution in [0.5, 0.6) is 0 Å². The lowest BCUT2D eigenvalue weighted by atomic mass is 10.1. The summed E-state index contributed by atoms with van der Waals surface area (Å²) in [6, 6.07) is 19.5. The first kappa shape index (κ1) is 20.8. The third-order valence-electron chi connectivity index (χ3n) is 5.93. The van der Waals surface area contributed by atoms with Crippen molar-refractivity contribution in [1.82, 2.24) is 14.3 Å². The Hall–Kier alpha value is -4.13. The minimum Gasteiger partial charge on any atom is -0.432 e. The lowest BCUT2D eigenvalue weighted by molar-refractivity contribution is 0.0735. The number of rotatable bonds is 6. The largest absolute Gasteiger partial charge is 0.432 e. The molecule has 0 bridgehead atoms. The molecule has 1 fully saturated rings. The van der Waals surface area contributed by atoms with Crippen molar-refractivity contribution in [1.29, 1.82) is 0 Å². The number of nitrogens with zero attached hydrogens (tertiary/aromatic N) is 4. The van der Waals surface area contributed by atoms with Crippen molar-refractivity contribution in [2.75, 3.05) is 13.1 Å². The Balaban J connectivity index is 1.36. The molecule has 7 heteroatoms. The van der Waals surface area contributed by atoms with Crippen LogP contribution in [0.25, 0.3) is 22.8 Å². The average Bonchev–Trinajstić information content (AvgIpc) is 3.58. The summed E-state index contributed by atoms with van der Waals surface area (Å²) in [6.45, 7) is 1.22. The second kappa shape index (κ2) is 9.16. The van der Waals surface area contributed by atoms with Crippen LogP contribution in [0, 0.1) is 0 Å². The van der Waals surface area contributed by atoms with Crippen molar-refractivity contribution < 1.29 is 9.21 Å². The van der Waals surface area contributed by atoms with Gasteiger partial charge in [-0.05, 0) is 24.5 Å². The molecule has 7 nitrogen and oxygen atoms in total. The SMILES string of the molecule is NC(=CC=NC[C@@H]1CCCN1C(=O)c1c(-c2ccccc2)nc2occn12)c1ccccc1. The molecule has 2 aromatic carbocycles. The summed E-state index contributed by atoms with van der Waals surface area (Å²) in [4.78, 5) is 24.7. The molecule has 0 unspecified atom stereocenters. The van der Waals surface area contributed by atoms with Gasteiger partial charge >= 0.3 is 5.84 Å². The second-order valence-corrected chi connectivity index (χ2v) is 8.03. The monoisotopic (exact) mass is 439 g/mol.